The highest BCUT2D eigenvalue weighted by molar-refractivity contribution is 5.84. The SMILES string of the molecule is [C-]#[N+]C1(CCn2c(=O)cc(C)c3ccc(C)cc32)CCC(=O)CC1.[C-]#[N+]C1(CCn2c(=O)cc(C)c3ccc(C)cc32)CCC(NCc2ccc3c(c2)OCCO3)CC1. The van der Waals surface area contributed by atoms with Crippen LogP contribution in [0.3, 0.4) is 0 Å². The zero-order valence-corrected chi connectivity index (χ0v) is 34.9. The summed E-state index contributed by atoms with van der Waals surface area (Å²) in [5.74, 6) is 1.89. The topological polar surface area (TPSA) is 100 Å². The van der Waals surface area contributed by atoms with Crippen molar-refractivity contribution in [2.75, 3.05) is 13.2 Å². The van der Waals surface area contributed by atoms with Crippen molar-refractivity contribution in [2.24, 2.45) is 0 Å². The Morgan fingerprint density at radius 1 is 0.661 bits per heavy atom. The number of Topliss-reactive ketones (excluding diaryl/α,β-unsaturated/α-hetero) is 1. The van der Waals surface area contributed by atoms with Gasteiger partial charge in [0.25, 0.3) is 11.1 Å². The van der Waals surface area contributed by atoms with E-state index in [0.29, 0.717) is 70.9 Å². The van der Waals surface area contributed by atoms with Crippen LogP contribution >= 0.6 is 0 Å². The van der Waals surface area contributed by atoms with Gasteiger partial charge in [-0.3, -0.25) is 14.4 Å². The van der Waals surface area contributed by atoms with E-state index in [9.17, 15) is 14.4 Å². The molecule has 10 nitrogen and oxygen atoms in total. The summed E-state index contributed by atoms with van der Waals surface area (Å²) in [6.07, 6.45) is 7.19. The number of aryl methyl sites for hydroxylation is 6. The van der Waals surface area contributed by atoms with E-state index in [4.69, 9.17) is 22.6 Å². The molecule has 0 atom stereocenters. The summed E-state index contributed by atoms with van der Waals surface area (Å²) in [6, 6.07) is 22.3. The largest absolute Gasteiger partial charge is 0.486 e. The highest BCUT2D eigenvalue weighted by Crippen LogP contribution is 2.37. The molecule has 3 aliphatic rings. The molecule has 1 aliphatic heterocycles. The van der Waals surface area contributed by atoms with Gasteiger partial charge in [-0.15, -0.1) is 0 Å². The number of benzene rings is 3. The molecule has 2 saturated carbocycles. The summed E-state index contributed by atoms with van der Waals surface area (Å²) in [7, 11) is 0. The third kappa shape index (κ3) is 9.29. The van der Waals surface area contributed by atoms with Crippen LogP contribution in [0.5, 0.6) is 11.5 Å². The molecule has 0 saturated heterocycles. The Balaban J connectivity index is 0.000000192. The summed E-state index contributed by atoms with van der Waals surface area (Å²) < 4.78 is 15.0. The molecular formula is C49H55N5O5. The lowest BCUT2D eigenvalue weighted by Crippen LogP contribution is -2.40. The van der Waals surface area contributed by atoms with Gasteiger partial charge in [0.1, 0.15) is 19.0 Å². The molecule has 0 spiro atoms. The van der Waals surface area contributed by atoms with Crippen molar-refractivity contribution < 1.29 is 14.3 Å². The Kier molecular flexibility index (Phi) is 12.4. The third-order valence-corrected chi connectivity index (χ3v) is 12.9. The molecule has 2 aliphatic carbocycles. The van der Waals surface area contributed by atoms with Gasteiger partial charge in [-0.05, 0) is 92.6 Å². The standard InChI is InChI=1S/C29H33N3O3.C20H22N2O2/c1-20-4-6-24-21(2)17-28(33)32(25(24)16-20)13-12-29(30-3)10-8-23(9-11-29)31-19-22-5-7-26-27(18-22)35-15-14-34-26;1-14-4-5-17-15(2)13-19(24)22(18(17)12-14)11-10-20(21-3)8-6-16(23)7-9-20/h4-7,16-18,23,31H,8-15,19H2,1-2H3;4-5,12-13H,6-11H2,1-2H3. The van der Waals surface area contributed by atoms with Gasteiger partial charge in [0.2, 0.25) is 11.1 Å². The van der Waals surface area contributed by atoms with Gasteiger partial charge < -0.3 is 33.6 Å². The number of nitrogens with zero attached hydrogens (tertiary/aromatic N) is 4. The van der Waals surface area contributed by atoms with Crippen molar-refractivity contribution in [3.8, 4) is 11.5 Å². The molecule has 2 fully saturated rings. The molecule has 3 aromatic carbocycles. The number of fused-ring (bicyclic) bond motifs is 3. The molecule has 0 bridgehead atoms. The van der Waals surface area contributed by atoms with E-state index >= 15 is 0 Å². The first-order valence-electron chi connectivity index (χ1n) is 21.0. The summed E-state index contributed by atoms with van der Waals surface area (Å²) in [6.45, 7) is 26.7. The Labute approximate surface area is 346 Å². The average molecular weight is 794 g/mol. The quantitative estimate of drug-likeness (QED) is 0.150. The number of pyridine rings is 2. The number of nitrogens with one attached hydrogen (secondary N) is 1. The van der Waals surface area contributed by atoms with Gasteiger partial charge in [0.05, 0.1) is 11.0 Å². The molecule has 10 heteroatoms. The van der Waals surface area contributed by atoms with Crippen molar-refractivity contribution >= 4 is 27.6 Å². The number of hydrogen-bond donors (Lipinski definition) is 1. The minimum atomic E-state index is -0.492. The van der Waals surface area contributed by atoms with Gasteiger partial charge in [-0.25, -0.2) is 13.1 Å². The summed E-state index contributed by atoms with van der Waals surface area (Å²) in [5, 5.41) is 5.86. The molecule has 306 valence electrons. The molecular weight excluding hydrogens is 739 g/mol. The lowest BCUT2D eigenvalue weighted by molar-refractivity contribution is -0.121. The van der Waals surface area contributed by atoms with Crippen molar-refractivity contribution in [3.63, 3.8) is 0 Å². The fourth-order valence-corrected chi connectivity index (χ4v) is 9.07. The zero-order valence-electron chi connectivity index (χ0n) is 34.9. The third-order valence-electron chi connectivity index (χ3n) is 12.9. The Bertz CT molecular complexity index is 2570. The van der Waals surface area contributed by atoms with Crippen LogP contribution in [-0.4, -0.2) is 45.3 Å². The lowest BCUT2D eigenvalue weighted by atomic mass is 9.77. The fraction of sp³-hybridized carbons (Fsp3) is 0.449. The van der Waals surface area contributed by atoms with Crippen LogP contribution in [0.2, 0.25) is 0 Å². The highest BCUT2D eigenvalue weighted by atomic mass is 16.6. The second-order valence-corrected chi connectivity index (χ2v) is 17.0. The number of carbonyl (C=O) groups excluding carboxylic acids is 1. The van der Waals surface area contributed by atoms with Crippen molar-refractivity contribution in [2.45, 2.75) is 129 Å². The first-order chi connectivity index (χ1) is 28.4. The van der Waals surface area contributed by atoms with Crippen molar-refractivity contribution in [1.82, 2.24) is 14.5 Å². The van der Waals surface area contributed by atoms with Crippen LogP contribution in [0.4, 0.5) is 0 Å². The molecule has 0 amide bonds. The molecule has 5 aromatic rings. The lowest BCUT2D eigenvalue weighted by Gasteiger charge is -2.32. The number of ketones is 1. The monoisotopic (exact) mass is 793 g/mol. The second kappa shape index (κ2) is 17.6. The van der Waals surface area contributed by atoms with E-state index in [0.717, 1.165) is 87.8 Å². The minimum Gasteiger partial charge on any atom is -0.486 e. The predicted molar refractivity (Wildman–Crippen MR) is 233 cm³/mol. The van der Waals surface area contributed by atoms with Crippen LogP contribution in [0.1, 0.15) is 92.0 Å². The number of carbonyl (C=O) groups is 1. The van der Waals surface area contributed by atoms with Gasteiger partial charge in [-0.1, -0.05) is 30.3 Å². The van der Waals surface area contributed by atoms with E-state index < -0.39 is 11.1 Å². The molecule has 0 radical (unpaired) electrons. The molecule has 0 unspecified atom stereocenters. The van der Waals surface area contributed by atoms with Crippen LogP contribution < -0.4 is 25.9 Å². The zero-order chi connectivity index (χ0) is 41.7. The van der Waals surface area contributed by atoms with E-state index in [-0.39, 0.29) is 16.9 Å². The first-order valence-corrected chi connectivity index (χ1v) is 21.0. The van der Waals surface area contributed by atoms with Crippen molar-refractivity contribution in [1.29, 1.82) is 0 Å². The fourth-order valence-electron chi connectivity index (χ4n) is 9.07. The molecule has 59 heavy (non-hydrogen) atoms. The van der Waals surface area contributed by atoms with Crippen LogP contribution in [0.15, 0.2) is 76.3 Å². The minimum absolute atomic E-state index is 0.0161. The molecule has 8 rings (SSSR count). The maximum Gasteiger partial charge on any atom is 0.251 e. The van der Waals surface area contributed by atoms with E-state index in [1.807, 2.05) is 37.5 Å². The first kappa shape index (κ1) is 41.4. The normalized spacial score (nSPS) is 19.7. The van der Waals surface area contributed by atoms with Crippen LogP contribution in [0.25, 0.3) is 31.5 Å². The molecule has 3 heterocycles. The Morgan fingerprint density at radius 3 is 1.69 bits per heavy atom. The highest BCUT2D eigenvalue weighted by Gasteiger charge is 2.41. The van der Waals surface area contributed by atoms with Crippen LogP contribution in [-0.2, 0) is 24.4 Å². The second-order valence-electron chi connectivity index (χ2n) is 17.0. The smallest absolute Gasteiger partial charge is 0.251 e. The maximum absolute atomic E-state index is 12.9. The Morgan fingerprint density at radius 2 is 1.17 bits per heavy atom. The molecule has 1 N–H and O–H groups in total. The average Bonchev–Trinajstić information content (AvgIpc) is 3.24. The van der Waals surface area contributed by atoms with Crippen molar-refractivity contribution in [3.05, 3.63) is 138 Å². The van der Waals surface area contributed by atoms with Crippen LogP contribution in [0, 0.1) is 40.8 Å². The number of hydrogen-bond acceptors (Lipinski definition) is 6. The maximum atomic E-state index is 12.9. The number of rotatable bonds is 9. The molecule has 2 aromatic heterocycles. The van der Waals surface area contributed by atoms with Gasteiger partial charge in [0, 0.05) is 99.9 Å². The predicted octanol–water partition coefficient (Wildman–Crippen LogP) is 8.98. The summed E-state index contributed by atoms with van der Waals surface area (Å²) in [4.78, 5) is 44.8. The number of aromatic nitrogens is 2. The van der Waals surface area contributed by atoms with E-state index in [2.05, 4.69) is 64.4 Å². The van der Waals surface area contributed by atoms with Gasteiger partial charge in [-0.2, -0.15) is 0 Å². The number of ether oxygens (including phenoxy) is 2. The van der Waals surface area contributed by atoms with E-state index in [1.165, 1.54) is 5.56 Å². The van der Waals surface area contributed by atoms with Gasteiger partial charge >= 0.3 is 0 Å². The summed E-state index contributed by atoms with van der Waals surface area (Å²) >= 11 is 0. The Hall–Kier alpha value is -5.71. The van der Waals surface area contributed by atoms with E-state index in [1.54, 1.807) is 16.7 Å². The summed E-state index contributed by atoms with van der Waals surface area (Å²) in [5.41, 5.74) is 6.46. The van der Waals surface area contributed by atoms with Gasteiger partial charge in [0.15, 0.2) is 11.5 Å².